The lowest BCUT2D eigenvalue weighted by molar-refractivity contribution is 0.175. The quantitative estimate of drug-likeness (QED) is 0.592. The minimum absolute atomic E-state index is 0.189. The molecule has 0 aromatic rings. The van der Waals surface area contributed by atoms with Gasteiger partial charge in [-0.25, -0.2) is 0 Å². The van der Waals surface area contributed by atoms with Gasteiger partial charge in [-0.15, -0.1) is 0 Å². The third kappa shape index (κ3) is 9.53. The SMILES string of the molecule is CCN(CCCN(C)C)CC(CO)NC(C)C. The van der Waals surface area contributed by atoms with Gasteiger partial charge in [-0.2, -0.15) is 0 Å². The van der Waals surface area contributed by atoms with E-state index in [0.717, 1.165) is 26.2 Å². The third-order valence-corrected chi connectivity index (χ3v) is 2.79. The van der Waals surface area contributed by atoms with E-state index >= 15 is 0 Å². The van der Waals surface area contributed by atoms with Gasteiger partial charge in [0.25, 0.3) is 0 Å². The van der Waals surface area contributed by atoms with Gasteiger partial charge in [0.1, 0.15) is 0 Å². The Hall–Kier alpha value is -0.160. The summed E-state index contributed by atoms with van der Waals surface area (Å²) in [6.45, 7) is 10.8. The van der Waals surface area contributed by atoms with Crippen LogP contribution in [0.2, 0.25) is 0 Å². The number of likely N-dealkylation sites (N-methyl/N-ethyl adjacent to an activating group) is 1. The van der Waals surface area contributed by atoms with Gasteiger partial charge in [-0.3, -0.25) is 0 Å². The van der Waals surface area contributed by atoms with Crippen LogP contribution in [0.5, 0.6) is 0 Å². The molecule has 4 nitrogen and oxygen atoms in total. The zero-order valence-electron chi connectivity index (χ0n) is 12.2. The summed E-state index contributed by atoms with van der Waals surface area (Å²) >= 11 is 0. The van der Waals surface area contributed by atoms with E-state index < -0.39 is 0 Å². The van der Waals surface area contributed by atoms with Gasteiger partial charge in [0.2, 0.25) is 0 Å². The van der Waals surface area contributed by atoms with Crippen LogP contribution in [0, 0.1) is 0 Å². The molecule has 0 aliphatic carbocycles. The number of nitrogens with zero attached hydrogens (tertiary/aromatic N) is 2. The van der Waals surface area contributed by atoms with E-state index in [4.69, 9.17) is 0 Å². The molecule has 1 unspecified atom stereocenters. The lowest BCUT2D eigenvalue weighted by Crippen LogP contribution is -2.46. The highest BCUT2D eigenvalue weighted by Gasteiger charge is 2.12. The number of aliphatic hydroxyl groups is 1. The van der Waals surface area contributed by atoms with Crippen LogP contribution in [0.1, 0.15) is 27.2 Å². The zero-order valence-corrected chi connectivity index (χ0v) is 12.2. The lowest BCUT2D eigenvalue weighted by Gasteiger charge is -2.27. The minimum Gasteiger partial charge on any atom is -0.395 e. The number of rotatable bonds is 10. The van der Waals surface area contributed by atoms with Crippen molar-refractivity contribution in [3.05, 3.63) is 0 Å². The Bertz CT molecular complexity index is 174. The Labute approximate surface area is 107 Å². The van der Waals surface area contributed by atoms with Crippen LogP contribution < -0.4 is 5.32 Å². The summed E-state index contributed by atoms with van der Waals surface area (Å²) in [5, 5.41) is 12.7. The van der Waals surface area contributed by atoms with Crippen LogP contribution >= 0.6 is 0 Å². The first-order chi connectivity index (χ1) is 7.99. The molecule has 0 heterocycles. The molecule has 0 rings (SSSR count). The maximum Gasteiger partial charge on any atom is 0.0597 e. The summed E-state index contributed by atoms with van der Waals surface area (Å²) in [6, 6.07) is 0.613. The van der Waals surface area contributed by atoms with Crippen molar-refractivity contribution in [3.8, 4) is 0 Å². The Morgan fingerprint density at radius 3 is 2.24 bits per heavy atom. The lowest BCUT2D eigenvalue weighted by atomic mass is 10.2. The molecular weight excluding hydrogens is 214 g/mol. The molecule has 0 aliphatic rings. The van der Waals surface area contributed by atoms with Crippen molar-refractivity contribution in [1.82, 2.24) is 15.1 Å². The monoisotopic (exact) mass is 245 g/mol. The molecule has 2 N–H and O–H groups in total. The van der Waals surface area contributed by atoms with Gasteiger partial charge in [0.15, 0.2) is 0 Å². The fourth-order valence-electron chi connectivity index (χ4n) is 1.94. The van der Waals surface area contributed by atoms with Crippen LogP contribution in [0.3, 0.4) is 0 Å². The highest BCUT2D eigenvalue weighted by Crippen LogP contribution is 1.97. The second kappa shape index (κ2) is 9.83. The number of hydrogen-bond donors (Lipinski definition) is 2. The van der Waals surface area contributed by atoms with Crippen LogP contribution in [-0.2, 0) is 0 Å². The van der Waals surface area contributed by atoms with E-state index in [1.807, 2.05) is 0 Å². The van der Waals surface area contributed by atoms with Gasteiger partial charge in [0.05, 0.1) is 6.61 Å². The van der Waals surface area contributed by atoms with Crippen molar-refractivity contribution in [2.24, 2.45) is 0 Å². The molecule has 0 radical (unpaired) electrons. The smallest absolute Gasteiger partial charge is 0.0597 e. The standard InChI is InChI=1S/C13H31N3O/c1-6-16(9-7-8-15(4)5)10-13(11-17)14-12(2)3/h12-14,17H,6-11H2,1-5H3. The van der Waals surface area contributed by atoms with Crippen LogP contribution in [-0.4, -0.2) is 73.9 Å². The Kier molecular flexibility index (Phi) is 9.74. The Balaban J connectivity index is 3.91. The van der Waals surface area contributed by atoms with E-state index in [1.165, 1.54) is 6.42 Å². The molecule has 0 spiro atoms. The van der Waals surface area contributed by atoms with E-state index in [-0.39, 0.29) is 12.6 Å². The summed E-state index contributed by atoms with van der Waals surface area (Å²) in [7, 11) is 4.21. The number of nitrogens with one attached hydrogen (secondary N) is 1. The second-order valence-corrected chi connectivity index (χ2v) is 5.25. The van der Waals surface area contributed by atoms with E-state index in [9.17, 15) is 5.11 Å². The van der Waals surface area contributed by atoms with Gasteiger partial charge in [-0.1, -0.05) is 20.8 Å². The van der Waals surface area contributed by atoms with Crippen molar-refractivity contribution in [3.63, 3.8) is 0 Å². The highest BCUT2D eigenvalue weighted by molar-refractivity contribution is 4.73. The fraction of sp³-hybridized carbons (Fsp3) is 1.00. The molecule has 4 heteroatoms. The predicted octanol–water partition coefficient (Wildman–Crippen LogP) is 0.619. The van der Waals surface area contributed by atoms with Gasteiger partial charge in [-0.05, 0) is 40.2 Å². The largest absolute Gasteiger partial charge is 0.395 e. The maximum absolute atomic E-state index is 9.34. The van der Waals surface area contributed by atoms with Gasteiger partial charge in [0, 0.05) is 18.6 Å². The number of hydrogen-bond acceptors (Lipinski definition) is 4. The Morgan fingerprint density at radius 1 is 1.18 bits per heavy atom. The summed E-state index contributed by atoms with van der Waals surface area (Å²) in [5.74, 6) is 0. The summed E-state index contributed by atoms with van der Waals surface area (Å²) in [5.41, 5.74) is 0. The first kappa shape index (κ1) is 16.8. The first-order valence-corrected chi connectivity index (χ1v) is 6.73. The third-order valence-electron chi connectivity index (χ3n) is 2.79. The molecular formula is C13H31N3O. The molecule has 0 fully saturated rings. The number of aliphatic hydroxyl groups excluding tert-OH is 1. The molecule has 0 bridgehead atoms. The molecule has 0 saturated carbocycles. The second-order valence-electron chi connectivity index (χ2n) is 5.25. The fourth-order valence-corrected chi connectivity index (χ4v) is 1.94. The molecule has 0 aromatic carbocycles. The first-order valence-electron chi connectivity index (χ1n) is 6.73. The van der Waals surface area contributed by atoms with Gasteiger partial charge >= 0.3 is 0 Å². The average molecular weight is 245 g/mol. The predicted molar refractivity (Wildman–Crippen MR) is 74.4 cm³/mol. The Morgan fingerprint density at radius 2 is 1.82 bits per heavy atom. The van der Waals surface area contributed by atoms with E-state index in [2.05, 4.69) is 50.0 Å². The molecule has 17 heavy (non-hydrogen) atoms. The normalized spacial score (nSPS) is 13.9. The van der Waals surface area contributed by atoms with Crippen molar-refractivity contribution >= 4 is 0 Å². The minimum atomic E-state index is 0.189. The highest BCUT2D eigenvalue weighted by atomic mass is 16.3. The van der Waals surface area contributed by atoms with Crippen LogP contribution in [0.4, 0.5) is 0 Å². The van der Waals surface area contributed by atoms with Crippen molar-refractivity contribution in [2.75, 3.05) is 46.9 Å². The topological polar surface area (TPSA) is 38.7 Å². The van der Waals surface area contributed by atoms with Crippen LogP contribution in [0.25, 0.3) is 0 Å². The zero-order chi connectivity index (χ0) is 13.3. The summed E-state index contributed by atoms with van der Waals surface area (Å²) in [6.07, 6.45) is 1.18. The molecule has 0 amide bonds. The van der Waals surface area contributed by atoms with Crippen molar-refractivity contribution in [2.45, 2.75) is 39.3 Å². The molecule has 104 valence electrons. The summed E-state index contributed by atoms with van der Waals surface area (Å²) < 4.78 is 0. The van der Waals surface area contributed by atoms with Gasteiger partial charge < -0.3 is 20.2 Å². The molecule has 0 aromatic heterocycles. The van der Waals surface area contributed by atoms with Crippen molar-refractivity contribution in [1.29, 1.82) is 0 Å². The average Bonchev–Trinajstić information content (AvgIpc) is 2.25. The van der Waals surface area contributed by atoms with Crippen LogP contribution in [0.15, 0.2) is 0 Å². The molecule has 0 aliphatic heterocycles. The summed E-state index contributed by atoms with van der Waals surface area (Å²) in [4.78, 5) is 4.61. The molecule has 0 saturated heterocycles. The maximum atomic E-state index is 9.34. The van der Waals surface area contributed by atoms with Crippen molar-refractivity contribution < 1.29 is 5.11 Å². The molecule has 1 atom stereocenters. The van der Waals surface area contributed by atoms with E-state index in [0.29, 0.717) is 6.04 Å². The van der Waals surface area contributed by atoms with E-state index in [1.54, 1.807) is 0 Å².